The quantitative estimate of drug-likeness (QED) is 0.265. The molecule has 35 heavy (non-hydrogen) atoms. The van der Waals surface area contributed by atoms with Crippen LogP contribution in [-0.4, -0.2) is 24.4 Å². The number of ether oxygens (including phenoxy) is 4. The summed E-state index contributed by atoms with van der Waals surface area (Å²) in [6.45, 7) is 16.2. The van der Waals surface area contributed by atoms with Crippen LogP contribution in [0.15, 0.2) is 72.8 Å². The fraction of sp³-hybridized carbons (Fsp3) is 0.419. The smallest absolute Gasteiger partial charge is 0.204 e. The van der Waals surface area contributed by atoms with Crippen LogP contribution in [0.5, 0.6) is 17.2 Å². The Balaban J connectivity index is 2.46. The highest BCUT2D eigenvalue weighted by Crippen LogP contribution is 2.51. The summed E-state index contributed by atoms with van der Waals surface area (Å²) in [7, 11) is 0. The first kappa shape index (κ1) is 26.6. The van der Waals surface area contributed by atoms with Gasteiger partial charge in [-0.1, -0.05) is 60.7 Å². The largest absolute Gasteiger partial charge is 0.487 e. The fourth-order valence-corrected chi connectivity index (χ4v) is 4.25. The first-order valence-corrected chi connectivity index (χ1v) is 12.6. The van der Waals surface area contributed by atoms with Crippen molar-refractivity contribution in [2.24, 2.45) is 0 Å². The molecule has 0 atom stereocenters. The van der Waals surface area contributed by atoms with Gasteiger partial charge in [0.15, 0.2) is 11.5 Å². The predicted octanol–water partition coefficient (Wildman–Crippen LogP) is 7.77. The van der Waals surface area contributed by atoms with Gasteiger partial charge >= 0.3 is 0 Å². The van der Waals surface area contributed by atoms with E-state index in [0.29, 0.717) is 17.2 Å². The molecular formula is C31H40O4. The van der Waals surface area contributed by atoms with Gasteiger partial charge in [0.05, 0.1) is 24.4 Å². The van der Waals surface area contributed by atoms with Crippen LogP contribution in [0.1, 0.15) is 72.1 Å². The lowest BCUT2D eigenvalue weighted by molar-refractivity contribution is -0.0314. The Morgan fingerprint density at radius 3 is 1.37 bits per heavy atom. The van der Waals surface area contributed by atoms with Crippen LogP contribution >= 0.6 is 0 Å². The molecule has 0 aliphatic carbocycles. The van der Waals surface area contributed by atoms with Gasteiger partial charge in [0.25, 0.3) is 0 Å². The van der Waals surface area contributed by atoms with E-state index in [-0.39, 0.29) is 24.4 Å². The topological polar surface area (TPSA) is 36.9 Å². The molecule has 3 aromatic rings. The van der Waals surface area contributed by atoms with E-state index in [1.807, 2.05) is 84.0 Å². The lowest BCUT2D eigenvalue weighted by atomic mass is 9.79. The average Bonchev–Trinajstić information content (AvgIpc) is 2.80. The lowest BCUT2D eigenvalue weighted by Crippen LogP contribution is -2.36. The van der Waals surface area contributed by atoms with Gasteiger partial charge in [0.2, 0.25) is 5.75 Å². The SMILES string of the molecule is CC(C)Oc1ccc(C(OC(C)C)(c2ccccc2)c2ccccc2)c(OC(C)C)c1OC(C)C. The number of rotatable bonds is 11. The maximum Gasteiger partial charge on any atom is 0.204 e. The second-order valence-electron chi connectivity index (χ2n) is 9.85. The molecule has 0 saturated heterocycles. The average molecular weight is 477 g/mol. The Labute approximate surface area is 211 Å². The second-order valence-corrected chi connectivity index (χ2v) is 9.85. The van der Waals surface area contributed by atoms with Crippen LogP contribution in [0.3, 0.4) is 0 Å². The lowest BCUT2D eigenvalue weighted by Gasteiger charge is -2.39. The minimum absolute atomic E-state index is 0.0119. The van der Waals surface area contributed by atoms with Crippen LogP contribution in [0.2, 0.25) is 0 Å². The third-order valence-electron chi connectivity index (χ3n) is 5.30. The molecule has 3 rings (SSSR count). The van der Waals surface area contributed by atoms with E-state index in [1.54, 1.807) is 0 Å². The van der Waals surface area contributed by atoms with Crippen molar-refractivity contribution in [1.29, 1.82) is 0 Å². The van der Waals surface area contributed by atoms with Gasteiger partial charge in [0, 0.05) is 5.56 Å². The molecule has 0 unspecified atom stereocenters. The van der Waals surface area contributed by atoms with E-state index in [0.717, 1.165) is 16.7 Å². The molecule has 0 aliphatic heterocycles. The molecule has 0 aromatic heterocycles. The van der Waals surface area contributed by atoms with E-state index in [2.05, 4.69) is 44.2 Å². The Kier molecular flexibility index (Phi) is 8.85. The van der Waals surface area contributed by atoms with Gasteiger partial charge < -0.3 is 18.9 Å². The van der Waals surface area contributed by atoms with Gasteiger partial charge in [-0.05, 0) is 78.6 Å². The standard InChI is InChI=1S/C31H40O4/c1-21(2)32-28-20-19-27(29(33-22(3)4)30(28)34-23(5)6)31(35-24(7)8,25-15-11-9-12-16-25)26-17-13-10-14-18-26/h9-24H,1-8H3. The van der Waals surface area contributed by atoms with Crippen molar-refractivity contribution in [3.63, 3.8) is 0 Å². The summed E-state index contributed by atoms with van der Waals surface area (Å²) in [5, 5.41) is 0. The summed E-state index contributed by atoms with van der Waals surface area (Å²) in [5.74, 6) is 1.90. The first-order chi connectivity index (χ1) is 16.6. The van der Waals surface area contributed by atoms with Gasteiger partial charge in [0.1, 0.15) is 5.60 Å². The minimum atomic E-state index is -0.924. The summed E-state index contributed by atoms with van der Waals surface area (Å²) < 4.78 is 26.0. The molecule has 188 valence electrons. The van der Waals surface area contributed by atoms with E-state index < -0.39 is 5.60 Å². The molecule has 4 nitrogen and oxygen atoms in total. The summed E-state index contributed by atoms with van der Waals surface area (Å²) >= 11 is 0. The zero-order chi connectivity index (χ0) is 25.6. The normalized spacial score (nSPS) is 12.0. The summed E-state index contributed by atoms with van der Waals surface area (Å²) in [4.78, 5) is 0. The molecule has 0 N–H and O–H groups in total. The van der Waals surface area contributed by atoms with Crippen LogP contribution in [0.25, 0.3) is 0 Å². The molecule has 3 aromatic carbocycles. The van der Waals surface area contributed by atoms with Crippen molar-refractivity contribution in [2.45, 2.75) is 85.4 Å². The molecule has 0 aliphatic rings. The summed E-state index contributed by atoms with van der Waals surface area (Å²) in [6, 6.07) is 24.7. The monoisotopic (exact) mass is 476 g/mol. The zero-order valence-electron chi connectivity index (χ0n) is 22.4. The van der Waals surface area contributed by atoms with Crippen molar-refractivity contribution in [1.82, 2.24) is 0 Å². The van der Waals surface area contributed by atoms with Crippen LogP contribution in [0.4, 0.5) is 0 Å². The Morgan fingerprint density at radius 1 is 0.486 bits per heavy atom. The van der Waals surface area contributed by atoms with E-state index in [1.165, 1.54) is 0 Å². The first-order valence-electron chi connectivity index (χ1n) is 12.6. The van der Waals surface area contributed by atoms with Crippen LogP contribution < -0.4 is 14.2 Å². The van der Waals surface area contributed by atoms with Crippen molar-refractivity contribution in [3.8, 4) is 17.2 Å². The van der Waals surface area contributed by atoms with Crippen LogP contribution in [0, 0.1) is 0 Å². The van der Waals surface area contributed by atoms with Crippen molar-refractivity contribution in [2.75, 3.05) is 0 Å². The third-order valence-corrected chi connectivity index (χ3v) is 5.30. The second kappa shape index (κ2) is 11.6. The van der Waals surface area contributed by atoms with Gasteiger partial charge in [-0.3, -0.25) is 0 Å². The summed E-state index contributed by atoms with van der Waals surface area (Å²) in [5.41, 5.74) is 1.99. The molecule has 0 spiro atoms. The van der Waals surface area contributed by atoms with Crippen molar-refractivity contribution >= 4 is 0 Å². The predicted molar refractivity (Wildman–Crippen MR) is 143 cm³/mol. The molecule has 4 heteroatoms. The van der Waals surface area contributed by atoms with Crippen LogP contribution in [-0.2, 0) is 10.3 Å². The van der Waals surface area contributed by atoms with Gasteiger partial charge in [-0.2, -0.15) is 0 Å². The number of hydrogen-bond donors (Lipinski definition) is 0. The Hall–Kier alpha value is -2.98. The molecular weight excluding hydrogens is 436 g/mol. The fourth-order valence-electron chi connectivity index (χ4n) is 4.25. The molecule has 0 bridgehead atoms. The Bertz CT molecular complexity index is 1020. The van der Waals surface area contributed by atoms with E-state index in [9.17, 15) is 0 Å². The zero-order valence-corrected chi connectivity index (χ0v) is 22.4. The molecule has 0 fully saturated rings. The molecule has 0 heterocycles. The highest BCUT2D eigenvalue weighted by Gasteiger charge is 2.42. The third kappa shape index (κ3) is 6.18. The molecule has 0 radical (unpaired) electrons. The maximum absolute atomic E-state index is 6.92. The maximum atomic E-state index is 6.92. The van der Waals surface area contributed by atoms with Gasteiger partial charge in [-0.15, -0.1) is 0 Å². The van der Waals surface area contributed by atoms with Gasteiger partial charge in [-0.25, -0.2) is 0 Å². The number of hydrogen-bond acceptors (Lipinski definition) is 4. The highest BCUT2D eigenvalue weighted by molar-refractivity contribution is 5.62. The number of benzene rings is 3. The molecule has 0 saturated carbocycles. The molecule has 0 amide bonds. The minimum Gasteiger partial charge on any atom is -0.487 e. The van der Waals surface area contributed by atoms with Crippen molar-refractivity contribution in [3.05, 3.63) is 89.5 Å². The highest BCUT2D eigenvalue weighted by atomic mass is 16.6. The Morgan fingerprint density at radius 2 is 0.943 bits per heavy atom. The van der Waals surface area contributed by atoms with E-state index >= 15 is 0 Å². The summed E-state index contributed by atoms with van der Waals surface area (Å²) in [6.07, 6.45) is -0.227. The van der Waals surface area contributed by atoms with Crippen molar-refractivity contribution < 1.29 is 18.9 Å². The van der Waals surface area contributed by atoms with E-state index in [4.69, 9.17) is 18.9 Å².